The number of carbonyl (C=O) groups excluding carboxylic acids is 1. The average Bonchev–Trinajstić information content (AvgIpc) is 2.00. The predicted molar refractivity (Wildman–Crippen MR) is 27.2 cm³/mol. The van der Waals surface area contributed by atoms with Crippen molar-refractivity contribution in [3.05, 3.63) is 0 Å². The maximum atomic E-state index is 10.3. The van der Waals surface area contributed by atoms with Gasteiger partial charge in [-0.1, -0.05) is 0 Å². The van der Waals surface area contributed by atoms with E-state index < -0.39 is 24.8 Å². The zero-order valence-electron chi connectivity index (χ0n) is 5.26. The predicted octanol–water partition coefficient (Wildman–Crippen LogP) is -2.63. The second kappa shape index (κ2) is 3.86. The van der Waals surface area contributed by atoms with Gasteiger partial charge in [0.2, 0.25) is 6.10 Å². The quantitative estimate of drug-likeness (QED) is 0.136. The summed E-state index contributed by atoms with van der Waals surface area (Å²) < 4.78 is -0.157. The van der Waals surface area contributed by atoms with Crippen LogP contribution in [-0.4, -0.2) is 40.2 Å². The van der Waals surface area contributed by atoms with Crippen molar-refractivity contribution in [1.29, 1.82) is 0 Å². The Labute approximate surface area is 60.7 Å². The van der Waals surface area contributed by atoms with Gasteiger partial charge in [-0.3, -0.25) is 0 Å². The Morgan fingerprint density at radius 2 is 2.00 bits per heavy atom. The maximum absolute atomic E-state index is 10.3. The average molecular weight is 166 g/mol. The van der Waals surface area contributed by atoms with Crippen LogP contribution in [0.5, 0.6) is 0 Å². The molecule has 0 aromatic rings. The van der Waals surface area contributed by atoms with Gasteiger partial charge in [-0.05, 0) is 4.79 Å². The third-order valence-electron chi connectivity index (χ3n) is 0.786. The normalized spacial score (nSPS) is 12.3. The van der Waals surface area contributed by atoms with E-state index in [0.29, 0.717) is 0 Å². The molecule has 1 atom stereocenters. The number of aliphatic hydroxyl groups excluding tert-OH is 2. The summed E-state index contributed by atoms with van der Waals surface area (Å²) in [4.78, 5) is 20.0. The molecule has 0 aliphatic rings. The Balaban J connectivity index is 4.13. The molecular formula is C4H6O7. The molecule has 0 aliphatic carbocycles. The van der Waals surface area contributed by atoms with Gasteiger partial charge in [-0.15, -0.1) is 4.79 Å². The summed E-state index contributed by atoms with van der Waals surface area (Å²) in [6.07, 6.45) is -4.11. The smallest absolute Gasteiger partial charge is 0.635 e. The molecule has 0 saturated heterocycles. The lowest BCUT2D eigenvalue weighted by Gasteiger charge is -2.21. The molecular weight excluding hydrogens is 160 g/mol. The number of hydrogen-bond donors (Lipinski definition) is 3. The molecule has 0 saturated carbocycles. The van der Waals surface area contributed by atoms with Gasteiger partial charge < -0.3 is 25.1 Å². The first-order chi connectivity index (χ1) is 5.00. The SMILES string of the molecule is O=C(O)[O+]([O-])C(=O)C(O)CO. The highest BCUT2D eigenvalue weighted by Crippen LogP contribution is 1.93. The summed E-state index contributed by atoms with van der Waals surface area (Å²) in [5.41, 5.74) is 0. The Morgan fingerprint density at radius 3 is 2.27 bits per heavy atom. The van der Waals surface area contributed by atoms with E-state index in [2.05, 4.69) is 0 Å². The summed E-state index contributed by atoms with van der Waals surface area (Å²) >= 11 is 0. The zero-order valence-corrected chi connectivity index (χ0v) is 5.26. The minimum Gasteiger partial charge on any atom is -0.635 e. The number of carboxylic acid groups (broad SMARTS) is 1. The number of carbonyl (C=O) groups is 2. The Bertz CT molecular complexity index is 164. The molecule has 0 heterocycles. The highest BCUT2D eigenvalue weighted by atomic mass is 17.3. The van der Waals surface area contributed by atoms with Crippen molar-refractivity contribution in [2.45, 2.75) is 6.10 Å². The minimum atomic E-state index is -2.11. The zero-order chi connectivity index (χ0) is 9.02. The lowest BCUT2D eigenvalue weighted by molar-refractivity contribution is -0.725. The summed E-state index contributed by atoms with van der Waals surface area (Å²) in [5, 5.41) is 34.4. The van der Waals surface area contributed by atoms with Crippen LogP contribution >= 0.6 is 0 Å². The van der Waals surface area contributed by atoms with E-state index in [1.54, 1.807) is 0 Å². The van der Waals surface area contributed by atoms with Crippen molar-refractivity contribution in [3.63, 3.8) is 0 Å². The summed E-state index contributed by atoms with van der Waals surface area (Å²) in [6, 6.07) is 0. The second-order valence-electron chi connectivity index (χ2n) is 1.55. The monoisotopic (exact) mass is 166 g/mol. The summed E-state index contributed by atoms with van der Waals surface area (Å²) in [5.74, 6) is -1.68. The van der Waals surface area contributed by atoms with Gasteiger partial charge in [0.1, 0.15) is 0 Å². The van der Waals surface area contributed by atoms with Crippen LogP contribution < -0.4 is 5.26 Å². The minimum absolute atomic E-state index is 0.157. The van der Waals surface area contributed by atoms with Gasteiger partial charge >= 0.3 is 12.1 Å². The van der Waals surface area contributed by atoms with Crippen molar-refractivity contribution in [2.24, 2.45) is 0 Å². The van der Waals surface area contributed by atoms with Gasteiger partial charge in [-0.2, -0.15) is 0 Å². The van der Waals surface area contributed by atoms with Gasteiger partial charge in [0.25, 0.3) is 0 Å². The van der Waals surface area contributed by atoms with Crippen molar-refractivity contribution in [2.75, 3.05) is 6.61 Å². The van der Waals surface area contributed by atoms with Gasteiger partial charge in [0.15, 0.2) is 0 Å². The van der Waals surface area contributed by atoms with Crippen LogP contribution in [0.3, 0.4) is 0 Å². The topological polar surface area (TPSA) is 121 Å². The van der Waals surface area contributed by atoms with Crippen molar-refractivity contribution in [3.8, 4) is 0 Å². The fraction of sp³-hybridized carbons (Fsp3) is 0.500. The van der Waals surface area contributed by atoms with Crippen LogP contribution in [0.1, 0.15) is 0 Å². The van der Waals surface area contributed by atoms with Crippen molar-refractivity contribution < 1.29 is 34.7 Å². The number of hydrogen-bond acceptors (Lipinski definition) is 5. The molecule has 0 fully saturated rings. The first-order valence-electron chi connectivity index (χ1n) is 2.48. The van der Waals surface area contributed by atoms with Crippen LogP contribution in [-0.2, 0) is 9.31 Å². The molecule has 1 unspecified atom stereocenters. The molecule has 11 heavy (non-hydrogen) atoms. The van der Waals surface area contributed by atoms with Crippen LogP contribution in [0, 0.1) is 0 Å². The summed E-state index contributed by atoms with van der Waals surface area (Å²) in [7, 11) is 0. The van der Waals surface area contributed by atoms with Gasteiger partial charge in [0, 0.05) is 0 Å². The van der Waals surface area contributed by atoms with Crippen molar-refractivity contribution >= 4 is 12.1 Å². The highest BCUT2D eigenvalue weighted by molar-refractivity contribution is 5.85. The van der Waals surface area contributed by atoms with Crippen LogP contribution in [0.4, 0.5) is 4.79 Å². The van der Waals surface area contributed by atoms with Crippen LogP contribution in [0.25, 0.3) is 0 Å². The molecule has 7 heteroatoms. The number of aliphatic hydroxyl groups is 2. The number of rotatable bonds is 2. The third-order valence-corrected chi connectivity index (χ3v) is 0.786. The third kappa shape index (κ3) is 2.50. The molecule has 7 nitrogen and oxygen atoms in total. The molecule has 0 amide bonds. The standard InChI is InChI=1S/C4H6O7/c5-1-2(6)3(7)11(10)4(8)9/h2,5-6H,1H2,(H,8,9). The van der Waals surface area contributed by atoms with E-state index in [1.165, 1.54) is 0 Å². The molecule has 0 radical (unpaired) electrons. The fourth-order valence-electron chi connectivity index (χ4n) is 0.284. The first kappa shape index (κ1) is 9.82. The van der Waals surface area contributed by atoms with Crippen molar-refractivity contribution in [1.82, 2.24) is 0 Å². The van der Waals surface area contributed by atoms with E-state index in [9.17, 15) is 14.8 Å². The Kier molecular flexibility index (Phi) is 3.45. The second-order valence-corrected chi connectivity index (χ2v) is 1.55. The first-order valence-corrected chi connectivity index (χ1v) is 2.48. The fourth-order valence-corrected chi connectivity index (χ4v) is 0.284. The maximum Gasteiger partial charge on any atom is 0.669 e. The lowest BCUT2D eigenvalue weighted by atomic mass is 10.4. The molecule has 0 rings (SSSR count). The molecule has 64 valence electrons. The highest BCUT2D eigenvalue weighted by Gasteiger charge is 2.26. The van der Waals surface area contributed by atoms with E-state index >= 15 is 0 Å². The Hall–Kier alpha value is -1.18. The largest absolute Gasteiger partial charge is 0.669 e. The molecule has 0 aliphatic heterocycles. The van der Waals surface area contributed by atoms with Crippen LogP contribution in [0.2, 0.25) is 0 Å². The van der Waals surface area contributed by atoms with Gasteiger partial charge in [0.05, 0.1) is 6.61 Å². The van der Waals surface area contributed by atoms with Crippen LogP contribution in [0.15, 0.2) is 0 Å². The summed E-state index contributed by atoms with van der Waals surface area (Å²) in [6.45, 7) is -1.00. The van der Waals surface area contributed by atoms with Gasteiger partial charge in [-0.25, -0.2) is 0 Å². The van der Waals surface area contributed by atoms with E-state index in [0.717, 1.165) is 0 Å². The lowest BCUT2D eigenvalue weighted by Crippen LogP contribution is -2.43. The molecule has 0 aromatic carbocycles. The van der Waals surface area contributed by atoms with E-state index in [-0.39, 0.29) is 4.52 Å². The Morgan fingerprint density at radius 1 is 1.55 bits per heavy atom. The molecule has 0 bridgehead atoms. The van der Waals surface area contributed by atoms with E-state index in [4.69, 9.17) is 15.3 Å². The molecule has 3 N–H and O–H groups in total. The molecule has 0 spiro atoms. The van der Waals surface area contributed by atoms with E-state index in [1.807, 2.05) is 0 Å². The molecule has 0 aromatic heterocycles.